The zero-order valence-corrected chi connectivity index (χ0v) is 17.0. The van der Waals surface area contributed by atoms with Crippen molar-refractivity contribution in [2.75, 3.05) is 52.5 Å². The van der Waals surface area contributed by atoms with Crippen LogP contribution in [-0.2, 0) is 4.74 Å². The van der Waals surface area contributed by atoms with Gasteiger partial charge in [0.05, 0.1) is 30.2 Å². The Morgan fingerprint density at radius 3 is 2.93 bits per heavy atom. The fraction of sp³-hybridized carbons (Fsp3) is 0.500. The van der Waals surface area contributed by atoms with Gasteiger partial charge in [0.1, 0.15) is 5.75 Å². The predicted octanol–water partition coefficient (Wildman–Crippen LogP) is 1.66. The van der Waals surface area contributed by atoms with Crippen LogP contribution < -0.4 is 15.2 Å². The third-order valence-corrected chi connectivity index (χ3v) is 6.75. The first-order valence-corrected chi connectivity index (χ1v) is 11.2. The number of fused-ring (bicyclic) bond motifs is 2. The first-order valence-electron chi connectivity index (χ1n) is 10.3. The van der Waals surface area contributed by atoms with E-state index in [0.717, 1.165) is 64.7 Å². The van der Waals surface area contributed by atoms with E-state index in [1.165, 1.54) is 39.4 Å². The molecule has 0 N–H and O–H groups in total. The molecule has 5 nitrogen and oxygen atoms in total. The highest BCUT2D eigenvalue weighted by molar-refractivity contribution is 7.10. The van der Waals surface area contributed by atoms with Crippen molar-refractivity contribution in [3.05, 3.63) is 45.2 Å². The molecule has 0 unspecified atom stereocenters. The van der Waals surface area contributed by atoms with E-state index in [-0.39, 0.29) is 0 Å². The largest absolute Gasteiger partial charge is 0.494 e. The van der Waals surface area contributed by atoms with Crippen LogP contribution in [0.3, 0.4) is 0 Å². The van der Waals surface area contributed by atoms with E-state index in [2.05, 4.69) is 33.0 Å². The number of hydrogen-bond donors (Lipinski definition) is 0. The van der Waals surface area contributed by atoms with E-state index in [1.54, 1.807) is 11.3 Å². The third kappa shape index (κ3) is 3.69. The molecule has 3 aliphatic rings. The summed E-state index contributed by atoms with van der Waals surface area (Å²) in [5, 5.41) is 2.72. The highest BCUT2D eigenvalue weighted by atomic mass is 32.1. The second kappa shape index (κ2) is 8.23. The average molecular weight is 398 g/mol. The quantitative estimate of drug-likeness (QED) is 0.693. The van der Waals surface area contributed by atoms with Crippen molar-refractivity contribution in [3.63, 3.8) is 0 Å². The minimum Gasteiger partial charge on any atom is -0.494 e. The summed E-state index contributed by atoms with van der Waals surface area (Å²) < 4.78 is 11.5. The van der Waals surface area contributed by atoms with Gasteiger partial charge in [-0.15, -0.1) is 11.3 Å². The smallest absolute Gasteiger partial charge is 0.119 e. The second-order valence-electron chi connectivity index (χ2n) is 7.68. The lowest BCUT2D eigenvalue weighted by Gasteiger charge is -2.26. The van der Waals surface area contributed by atoms with Gasteiger partial charge in [0.15, 0.2) is 0 Å². The minimum atomic E-state index is 0.764. The number of hydrogen-bond acceptors (Lipinski definition) is 6. The van der Waals surface area contributed by atoms with Gasteiger partial charge in [0.2, 0.25) is 0 Å². The van der Waals surface area contributed by atoms with Crippen LogP contribution in [-0.4, -0.2) is 67.3 Å². The molecule has 5 rings (SSSR count). The van der Waals surface area contributed by atoms with E-state index in [1.807, 2.05) is 11.7 Å². The molecule has 2 aromatic rings. The van der Waals surface area contributed by atoms with Crippen LogP contribution in [0.5, 0.6) is 5.75 Å². The molecule has 148 valence electrons. The van der Waals surface area contributed by atoms with Crippen LogP contribution in [0.15, 0.2) is 29.9 Å². The number of thiazole rings is 1. The van der Waals surface area contributed by atoms with Crippen molar-refractivity contribution in [2.24, 2.45) is 0 Å². The van der Waals surface area contributed by atoms with E-state index in [9.17, 15) is 0 Å². The molecule has 0 aliphatic carbocycles. The fourth-order valence-corrected chi connectivity index (χ4v) is 5.15. The van der Waals surface area contributed by atoms with Gasteiger partial charge in [-0.1, -0.05) is 6.07 Å². The Hall–Kier alpha value is -1.89. The standard InChI is InChI=1S/C22H27N3O2S/c1-3-21-19-13-17(27-10-2-6-24-8-11-26-12-9-24)4-5-18(19)20(15-25(21)7-1)22-14-23-16-28-22/h4-5,13-14,16H,1-3,6-12,15H2. The first kappa shape index (κ1) is 18.2. The van der Waals surface area contributed by atoms with Gasteiger partial charge in [-0.05, 0) is 42.2 Å². The summed E-state index contributed by atoms with van der Waals surface area (Å²) in [5.41, 5.74) is 4.82. The summed E-state index contributed by atoms with van der Waals surface area (Å²) in [7, 11) is 0. The number of morpholine rings is 1. The number of ether oxygens (including phenoxy) is 2. The fourth-order valence-electron chi connectivity index (χ4n) is 4.48. The normalized spacial score (nSPS) is 19.6. The van der Waals surface area contributed by atoms with E-state index in [4.69, 9.17) is 9.47 Å². The second-order valence-corrected chi connectivity index (χ2v) is 8.57. The van der Waals surface area contributed by atoms with E-state index < -0.39 is 0 Å². The van der Waals surface area contributed by atoms with Crippen LogP contribution in [0.1, 0.15) is 24.1 Å². The minimum absolute atomic E-state index is 0.764. The Kier molecular flexibility index (Phi) is 5.34. The molecule has 0 radical (unpaired) electrons. The molecule has 1 aromatic carbocycles. The summed E-state index contributed by atoms with van der Waals surface area (Å²) in [6.45, 7) is 7.82. The van der Waals surface area contributed by atoms with Crippen LogP contribution >= 0.6 is 11.3 Å². The van der Waals surface area contributed by atoms with Crippen LogP contribution in [0.25, 0.3) is 11.3 Å². The Labute approximate surface area is 169 Å². The molecule has 0 bridgehead atoms. The lowest BCUT2D eigenvalue weighted by Crippen LogP contribution is -2.40. The van der Waals surface area contributed by atoms with Crippen molar-refractivity contribution in [1.29, 1.82) is 0 Å². The molecule has 3 aliphatic heterocycles. The summed E-state index contributed by atoms with van der Waals surface area (Å²) in [6, 6.07) is 6.65. The SMILES string of the molecule is c1ncc(C2=c3ccc(OCCCN4CCOCC4)cc3=C3CCCN3C2)s1. The summed E-state index contributed by atoms with van der Waals surface area (Å²) >= 11 is 1.73. The highest BCUT2D eigenvalue weighted by Gasteiger charge is 2.24. The van der Waals surface area contributed by atoms with Crippen molar-refractivity contribution in [2.45, 2.75) is 19.3 Å². The first-order chi connectivity index (χ1) is 13.9. The van der Waals surface area contributed by atoms with Crippen molar-refractivity contribution < 1.29 is 9.47 Å². The summed E-state index contributed by atoms with van der Waals surface area (Å²) in [6.07, 6.45) is 5.47. The average Bonchev–Trinajstić information content (AvgIpc) is 3.43. The molecule has 0 amide bonds. The zero-order chi connectivity index (χ0) is 18.8. The maximum Gasteiger partial charge on any atom is 0.119 e. The molecule has 6 heteroatoms. The molecular weight excluding hydrogens is 370 g/mol. The van der Waals surface area contributed by atoms with E-state index in [0.29, 0.717) is 0 Å². The van der Waals surface area contributed by atoms with Gasteiger partial charge in [0.25, 0.3) is 0 Å². The number of aromatic nitrogens is 1. The molecule has 4 heterocycles. The predicted molar refractivity (Wildman–Crippen MR) is 112 cm³/mol. The van der Waals surface area contributed by atoms with Crippen LogP contribution in [0.2, 0.25) is 0 Å². The van der Waals surface area contributed by atoms with Gasteiger partial charge >= 0.3 is 0 Å². The van der Waals surface area contributed by atoms with Crippen molar-refractivity contribution in [1.82, 2.24) is 14.8 Å². The Morgan fingerprint density at radius 1 is 1.14 bits per heavy atom. The van der Waals surface area contributed by atoms with Gasteiger partial charge in [-0.3, -0.25) is 9.88 Å². The Morgan fingerprint density at radius 2 is 2.07 bits per heavy atom. The number of nitrogens with zero attached hydrogens (tertiary/aromatic N) is 3. The monoisotopic (exact) mass is 397 g/mol. The molecule has 28 heavy (non-hydrogen) atoms. The lowest BCUT2D eigenvalue weighted by atomic mass is 10.0. The number of benzene rings is 1. The Balaban J connectivity index is 1.35. The van der Waals surface area contributed by atoms with Gasteiger partial charge in [-0.2, -0.15) is 0 Å². The maximum atomic E-state index is 6.13. The molecule has 2 fully saturated rings. The summed E-state index contributed by atoms with van der Waals surface area (Å²) in [5.74, 6) is 0.991. The molecule has 0 saturated carbocycles. The Bertz CT molecular complexity index is 935. The third-order valence-electron chi connectivity index (χ3n) is 5.92. The maximum absolute atomic E-state index is 6.13. The lowest BCUT2D eigenvalue weighted by molar-refractivity contribution is 0.0358. The van der Waals surface area contributed by atoms with Gasteiger partial charge in [-0.25, -0.2) is 0 Å². The van der Waals surface area contributed by atoms with Crippen LogP contribution in [0, 0.1) is 0 Å². The molecule has 0 spiro atoms. The number of rotatable bonds is 6. The zero-order valence-electron chi connectivity index (χ0n) is 16.2. The van der Waals surface area contributed by atoms with Crippen LogP contribution in [0.4, 0.5) is 0 Å². The van der Waals surface area contributed by atoms with Gasteiger partial charge in [0, 0.05) is 49.8 Å². The van der Waals surface area contributed by atoms with Crippen molar-refractivity contribution >= 4 is 22.6 Å². The molecular formula is C22H27N3O2S. The molecule has 1 aromatic heterocycles. The molecule has 0 atom stereocenters. The summed E-state index contributed by atoms with van der Waals surface area (Å²) in [4.78, 5) is 10.6. The van der Waals surface area contributed by atoms with Gasteiger partial charge < -0.3 is 14.4 Å². The van der Waals surface area contributed by atoms with E-state index >= 15 is 0 Å². The van der Waals surface area contributed by atoms with Crippen molar-refractivity contribution in [3.8, 4) is 5.75 Å². The topological polar surface area (TPSA) is 37.8 Å². The highest BCUT2D eigenvalue weighted by Crippen LogP contribution is 2.27. The molecule has 2 saturated heterocycles.